The van der Waals surface area contributed by atoms with Crippen LogP contribution in [-0.2, 0) is 22.5 Å². The molecule has 1 rings (SSSR count). The molecule has 0 unspecified atom stereocenters. The van der Waals surface area contributed by atoms with Gasteiger partial charge in [-0.2, -0.15) is 5.10 Å². The van der Waals surface area contributed by atoms with Gasteiger partial charge in [0, 0.05) is 17.8 Å². The van der Waals surface area contributed by atoms with E-state index < -0.39 is 0 Å². The van der Waals surface area contributed by atoms with E-state index in [4.69, 9.17) is 4.74 Å². The van der Waals surface area contributed by atoms with Crippen molar-refractivity contribution in [3.05, 3.63) is 17.0 Å². The van der Waals surface area contributed by atoms with Gasteiger partial charge >= 0.3 is 5.97 Å². The molecule has 0 N–H and O–H groups in total. The topological polar surface area (TPSA) is 44.1 Å². The third kappa shape index (κ3) is 5.90. The Morgan fingerprint density at radius 3 is 2.57 bits per heavy atom. The summed E-state index contributed by atoms with van der Waals surface area (Å²) in [4.78, 5) is 11.9. The van der Waals surface area contributed by atoms with Gasteiger partial charge in [0.15, 0.2) is 0 Å². The first-order valence-corrected chi connectivity index (χ1v) is 8.14. The minimum Gasteiger partial charge on any atom is -0.465 e. The lowest BCUT2D eigenvalue weighted by Gasteiger charge is -2.08. The standard InChI is InChI=1S/C17H30N2O2/c1-6-7-8-9-10-21-17(20)11-16-14(4)18-19(15(16)5)12-13(2)3/h13H,6-12H2,1-5H3. The van der Waals surface area contributed by atoms with Gasteiger partial charge < -0.3 is 4.74 Å². The third-order valence-corrected chi connectivity index (χ3v) is 3.65. The Kier molecular flexibility index (Phi) is 7.48. The predicted molar refractivity (Wildman–Crippen MR) is 85.3 cm³/mol. The fraction of sp³-hybridized carbons (Fsp3) is 0.765. The van der Waals surface area contributed by atoms with E-state index in [0.29, 0.717) is 18.9 Å². The molecule has 0 radical (unpaired) electrons. The number of ether oxygens (including phenoxy) is 1. The molecule has 4 nitrogen and oxygen atoms in total. The smallest absolute Gasteiger partial charge is 0.310 e. The Morgan fingerprint density at radius 2 is 1.95 bits per heavy atom. The fourth-order valence-electron chi connectivity index (χ4n) is 2.42. The summed E-state index contributed by atoms with van der Waals surface area (Å²) in [6.07, 6.45) is 4.83. The summed E-state index contributed by atoms with van der Waals surface area (Å²) in [5, 5.41) is 4.53. The van der Waals surface area contributed by atoms with Gasteiger partial charge in [0.1, 0.15) is 0 Å². The van der Waals surface area contributed by atoms with E-state index in [2.05, 4.69) is 25.9 Å². The Bertz CT molecular complexity index is 450. The molecule has 0 atom stereocenters. The molecule has 1 aromatic heterocycles. The molecule has 0 aliphatic heterocycles. The highest BCUT2D eigenvalue weighted by molar-refractivity contribution is 5.73. The van der Waals surface area contributed by atoms with Crippen molar-refractivity contribution in [3.63, 3.8) is 0 Å². The van der Waals surface area contributed by atoms with Crippen LogP contribution in [0.5, 0.6) is 0 Å². The van der Waals surface area contributed by atoms with E-state index in [1.807, 2.05) is 18.5 Å². The number of unbranched alkanes of at least 4 members (excludes halogenated alkanes) is 3. The summed E-state index contributed by atoms with van der Waals surface area (Å²) in [5.74, 6) is 0.406. The number of esters is 1. The molecule has 0 saturated heterocycles. The van der Waals surface area contributed by atoms with E-state index in [1.54, 1.807) is 0 Å². The van der Waals surface area contributed by atoms with E-state index in [1.165, 1.54) is 12.8 Å². The summed E-state index contributed by atoms with van der Waals surface area (Å²) < 4.78 is 7.32. The molecule has 120 valence electrons. The highest BCUT2D eigenvalue weighted by atomic mass is 16.5. The summed E-state index contributed by atoms with van der Waals surface area (Å²) >= 11 is 0. The van der Waals surface area contributed by atoms with Crippen molar-refractivity contribution in [1.82, 2.24) is 9.78 Å². The van der Waals surface area contributed by atoms with Gasteiger partial charge in [-0.25, -0.2) is 0 Å². The number of aromatic nitrogens is 2. The third-order valence-electron chi connectivity index (χ3n) is 3.65. The maximum Gasteiger partial charge on any atom is 0.310 e. The van der Waals surface area contributed by atoms with E-state index in [-0.39, 0.29) is 5.97 Å². The van der Waals surface area contributed by atoms with Gasteiger partial charge in [-0.05, 0) is 26.2 Å². The molecule has 0 spiro atoms. The van der Waals surface area contributed by atoms with Crippen molar-refractivity contribution in [2.24, 2.45) is 5.92 Å². The van der Waals surface area contributed by atoms with Crippen LogP contribution in [-0.4, -0.2) is 22.4 Å². The Hall–Kier alpha value is -1.32. The van der Waals surface area contributed by atoms with Crippen LogP contribution in [0.15, 0.2) is 0 Å². The van der Waals surface area contributed by atoms with Crippen LogP contribution < -0.4 is 0 Å². The van der Waals surface area contributed by atoms with Gasteiger partial charge in [0.25, 0.3) is 0 Å². The average molecular weight is 294 g/mol. The van der Waals surface area contributed by atoms with Crippen molar-refractivity contribution in [2.75, 3.05) is 6.61 Å². The molecular weight excluding hydrogens is 264 g/mol. The number of hydrogen-bond acceptors (Lipinski definition) is 3. The number of rotatable bonds is 9. The van der Waals surface area contributed by atoms with Crippen LogP contribution in [0.25, 0.3) is 0 Å². The second kappa shape index (κ2) is 8.85. The lowest BCUT2D eigenvalue weighted by molar-refractivity contribution is -0.142. The maximum absolute atomic E-state index is 11.9. The molecule has 0 aliphatic carbocycles. The lowest BCUT2D eigenvalue weighted by Crippen LogP contribution is -2.11. The molecule has 0 fully saturated rings. The number of carbonyl (C=O) groups is 1. The quantitative estimate of drug-likeness (QED) is 0.513. The molecule has 21 heavy (non-hydrogen) atoms. The summed E-state index contributed by atoms with van der Waals surface area (Å²) in [5.41, 5.74) is 3.05. The monoisotopic (exact) mass is 294 g/mol. The molecule has 0 amide bonds. The molecule has 1 heterocycles. The van der Waals surface area contributed by atoms with Gasteiger partial charge in [0.05, 0.1) is 18.7 Å². The molecule has 0 bridgehead atoms. The first kappa shape index (κ1) is 17.7. The number of aryl methyl sites for hydroxylation is 1. The highest BCUT2D eigenvalue weighted by Crippen LogP contribution is 2.16. The molecule has 0 aliphatic rings. The minimum atomic E-state index is -0.137. The number of nitrogens with zero attached hydrogens (tertiary/aromatic N) is 2. The predicted octanol–water partition coefficient (Wildman–Crippen LogP) is 3.82. The zero-order valence-corrected chi connectivity index (χ0v) is 14.2. The average Bonchev–Trinajstić information content (AvgIpc) is 2.65. The first-order valence-electron chi connectivity index (χ1n) is 8.14. The van der Waals surface area contributed by atoms with Crippen LogP contribution in [0.4, 0.5) is 0 Å². The van der Waals surface area contributed by atoms with Crippen molar-refractivity contribution in [3.8, 4) is 0 Å². The second-order valence-corrected chi connectivity index (χ2v) is 6.18. The molecule has 0 saturated carbocycles. The first-order chi connectivity index (χ1) is 9.95. The van der Waals surface area contributed by atoms with Crippen molar-refractivity contribution < 1.29 is 9.53 Å². The molecular formula is C17H30N2O2. The van der Waals surface area contributed by atoms with E-state index in [0.717, 1.165) is 36.3 Å². The van der Waals surface area contributed by atoms with Crippen LogP contribution >= 0.6 is 0 Å². The zero-order chi connectivity index (χ0) is 15.8. The minimum absolute atomic E-state index is 0.137. The number of carbonyl (C=O) groups excluding carboxylic acids is 1. The normalized spacial score (nSPS) is 11.1. The van der Waals surface area contributed by atoms with Gasteiger partial charge in [-0.3, -0.25) is 9.48 Å². The largest absolute Gasteiger partial charge is 0.465 e. The Labute approximate surface area is 128 Å². The maximum atomic E-state index is 11.9. The van der Waals surface area contributed by atoms with Crippen LogP contribution in [0, 0.1) is 19.8 Å². The van der Waals surface area contributed by atoms with Crippen LogP contribution in [0.3, 0.4) is 0 Å². The fourth-order valence-corrected chi connectivity index (χ4v) is 2.42. The van der Waals surface area contributed by atoms with Crippen molar-refractivity contribution in [2.45, 2.75) is 73.3 Å². The SMILES string of the molecule is CCCCCCOC(=O)Cc1c(C)nn(CC(C)C)c1C. The molecule has 4 heteroatoms. The zero-order valence-electron chi connectivity index (χ0n) is 14.2. The molecule has 0 aromatic carbocycles. The van der Waals surface area contributed by atoms with Crippen molar-refractivity contribution >= 4 is 5.97 Å². The lowest BCUT2D eigenvalue weighted by atomic mass is 10.1. The highest BCUT2D eigenvalue weighted by Gasteiger charge is 2.16. The van der Waals surface area contributed by atoms with Crippen LogP contribution in [0.1, 0.15) is 63.4 Å². The molecule has 1 aromatic rings. The number of hydrogen-bond donors (Lipinski definition) is 0. The Balaban J connectivity index is 2.50. The van der Waals surface area contributed by atoms with E-state index in [9.17, 15) is 4.79 Å². The summed E-state index contributed by atoms with van der Waals surface area (Å²) in [6, 6.07) is 0. The second-order valence-electron chi connectivity index (χ2n) is 6.18. The van der Waals surface area contributed by atoms with Gasteiger partial charge in [0.2, 0.25) is 0 Å². The van der Waals surface area contributed by atoms with Gasteiger partial charge in [-0.15, -0.1) is 0 Å². The summed E-state index contributed by atoms with van der Waals surface area (Å²) in [6.45, 7) is 11.9. The Morgan fingerprint density at radius 1 is 1.24 bits per heavy atom. The van der Waals surface area contributed by atoms with Gasteiger partial charge in [-0.1, -0.05) is 40.0 Å². The van der Waals surface area contributed by atoms with Crippen molar-refractivity contribution in [1.29, 1.82) is 0 Å². The van der Waals surface area contributed by atoms with E-state index >= 15 is 0 Å². The summed E-state index contributed by atoms with van der Waals surface area (Å²) in [7, 11) is 0. The van der Waals surface area contributed by atoms with Crippen LogP contribution in [0.2, 0.25) is 0 Å².